The van der Waals surface area contributed by atoms with Crippen molar-refractivity contribution in [3.63, 3.8) is 0 Å². The lowest BCUT2D eigenvalue weighted by atomic mass is 9.72. The van der Waals surface area contributed by atoms with Crippen LogP contribution in [0.25, 0.3) is 5.69 Å². The van der Waals surface area contributed by atoms with E-state index in [1.807, 2.05) is 49.4 Å². The molecular weight excluding hydrogens is 468 g/mol. The fourth-order valence-corrected chi connectivity index (χ4v) is 5.48. The van der Waals surface area contributed by atoms with Crippen LogP contribution >= 0.6 is 0 Å². The third-order valence-corrected chi connectivity index (χ3v) is 7.27. The summed E-state index contributed by atoms with van der Waals surface area (Å²) in [5.41, 5.74) is 4.68. The molecule has 37 heavy (non-hydrogen) atoms. The summed E-state index contributed by atoms with van der Waals surface area (Å²) >= 11 is 0. The molecule has 1 aliphatic carbocycles. The first-order chi connectivity index (χ1) is 17.9. The number of fused-ring (bicyclic) bond motifs is 1. The van der Waals surface area contributed by atoms with Crippen LogP contribution in [0.3, 0.4) is 0 Å². The summed E-state index contributed by atoms with van der Waals surface area (Å²) in [5.74, 6) is -0.282. The fourth-order valence-electron chi connectivity index (χ4n) is 5.48. The topological polar surface area (TPSA) is 110 Å². The molecule has 2 N–H and O–H groups in total. The Morgan fingerprint density at radius 3 is 2.41 bits per heavy atom. The lowest BCUT2D eigenvalue weighted by Crippen LogP contribution is -2.32. The van der Waals surface area contributed by atoms with Gasteiger partial charge < -0.3 is 5.32 Å². The van der Waals surface area contributed by atoms with Crippen LogP contribution in [0.15, 0.2) is 94.9 Å². The van der Waals surface area contributed by atoms with Crippen molar-refractivity contribution in [2.24, 2.45) is 0 Å². The van der Waals surface area contributed by atoms with Crippen LogP contribution in [0.5, 0.6) is 0 Å². The van der Waals surface area contributed by atoms with Gasteiger partial charge in [-0.3, -0.25) is 24.8 Å². The maximum Gasteiger partial charge on any atom is 0.277 e. The minimum Gasteiger partial charge on any atom is -0.343 e. The molecule has 0 spiro atoms. The number of aryl methyl sites for hydroxylation is 1. The summed E-state index contributed by atoms with van der Waals surface area (Å²) in [6.07, 6.45) is 0.898. The van der Waals surface area contributed by atoms with Crippen molar-refractivity contribution in [3.05, 3.63) is 133 Å². The summed E-state index contributed by atoms with van der Waals surface area (Å²) in [7, 11) is 0. The lowest BCUT2D eigenvalue weighted by Gasteiger charge is -2.34. The normalized spacial score (nSPS) is 18.7. The maximum atomic E-state index is 13.7. The minimum atomic E-state index is -0.716. The van der Waals surface area contributed by atoms with E-state index in [-0.39, 0.29) is 22.9 Å². The fraction of sp³-hybridized carbons (Fsp3) is 0.172. The molecule has 0 saturated heterocycles. The van der Waals surface area contributed by atoms with Crippen LogP contribution in [0.1, 0.15) is 46.9 Å². The van der Waals surface area contributed by atoms with E-state index in [1.165, 1.54) is 16.8 Å². The van der Waals surface area contributed by atoms with Crippen molar-refractivity contribution < 1.29 is 9.72 Å². The number of hydrogen-bond donors (Lipinski definition) is 2. The van der Waals surface area contributed by atoms with Crippen molar-refractivity contribution in [1.29, 1.82) is 0 Å². The van der Waals surface area contributed by atoms with Gasteiger partial charge in [-0.05, 0) is 42.5 Å². The third-order valence-electron chi connectivity index (χ3n) is 7.27. The number of hydrogen-bond acceptors (Lipinski definition) is 5. The Balaban J connectivity index is 1.52. The SMILES string of the molecule is Cc1ccc([C@@H]2CC(=O)C3=C(C2)Nc2[nH]n(-c4ccccc4)c(=O)c2[C@H]3c2cccc([N+](=O)[O-])c2)cc1. The third kappa shape index (κ3) is 3.87. The van der Waals surface area contributed by atoms with Gasteiger partial charge in [0.15, 0.2) is 5.78 Å². The Morgan fingerprint density at radius 2 is 1.68 bits per heavy atom. The first-order valence-corrected chi connectivity index (χ1v) is 12.1. The number of Topliss-reactive ketones (excluding diaryl/α,β-unsaturated/α-hetero) is 1. The molecule has 0 bridgehead atoms. The van der Waals surface area contributed by atoms with E-state index >= 15 is 0 Å². The zero-order chi connectivity index (χ0) is 25.7. The molecule has 8 heteroatoms. The van der Waals surface area contributed by atoms with E-state index in [0.29, 0.717) is 41.0 Å². The number of anilines is 1. The van der Waals surface area contributed by atoms with Crippen LogP contribution < -0.4 is 10.9 Å². The Bertz CT molecular complexity index is 1630. The largest absolute Gasteiger partial charge is 0.343 e. The molecule has 0 radical (unpaired) electrons. The molecule has 1 aliphatic heterocycles. The molecule has 2 atom stereocenters. The van der Waals surface area contributed by atoms with E-state index in [2.05, 4.69) is 22.5 Å². The van der Waals surface area contributed by atoms with E-state index < -0.39 is 10.8 Å². The monoisotopic (exact) mass is 492 g/mol. The first-order valence-electron chi connectivity index (χ1n) is 12.1. The number of rotatable bonds is 4. The van der Waals surface area contributed by atoms with E-state index in [1.54, 1.807) is 12.1 Å². The molecule has 0 saturated carbocycles. The molecule has 6 rings (SSSR count). The van der Waals surface area contributed by atoms with Gasteiger partial charge in [0, 0.05) is 35.7 Å². The average molecular weight is 493 g/mol. The minimum absolute atomic E-state index is 0.00501. The van der Waals surface area contributed by atoms with Crippen LogP contribution in [0.4, 0.5) is 11.5 Å². The second kappa shape index (κ2) is 8.74. The number of carbonyl (C=O) groups is 1. The molecule has 8 nitrogen and oxygen atoms in total. The maximum absolute atomic E-state index is 13.7. The van der Waals surface area contributed by atoms with Gasteiger partial charge in [0.1, 0.15) is 5.82 Å². The highest BCUT2D eigenvalue weighted by atomic mass is 16.6. The Hall–Kier alpha value is -4.72. The molecule has 4 aromatic rings. The van der Waals surface area contributed by atoms with Crippen molar-refractivity contribution in [2.45, 2.75) is 31.6 Å². The zero-order valence-electron chi connectivity index (χ0n) is 20.1. The van der Waals surface area contributed by atoms with Crippen molar-refractivity contribution in [1.82, 2.24) is 9.78 Å². The van der Waals surface area contributed by atoms with Gasteiger partial charge in [-0.1, -0.05) is 60.2 Å². The number of carbonyl (C=O) groups excluding carboxylic acids is 1. The number of nitro groups is 1. The van der Waals surface area contributed by atoms with Gasteiger partial charge in [0.05, 0.1) is 16.2 Å². The number of ketones is 1. The summed E-state index contributed by atoms with van der Waals surface area (Å²) in [4.78, 5) is 38.6. The van der Waals surface area contributed by atoms with Gasteiger partial charge in [-0.15, -0.1) is 0 Å². The summed E-state index contributed by atoms with van der Waals surface area (Å²) in [6, 6.07) is 23.6. The highest BCUT2D eigenvalue weighted by molar-refractivity contribution is 6.01. The van der Waals surface area contributed by atoms with E-state index in [0.717, 1.165) is 16.8 Å². The highest BCUT2D eigenvalue weighted by Crippen LogP contribution is 2.47. The molecule has 0 amide bonds. The second-order valence-corrected chi connectivity index (χ2v) is 9.62. The number of nitro benzene ring substituents is 1. The molecule has 1 aromatic heterocycles. The predicted molar refractivity (Wildman–Crippen MR) is 140 cm³/mol. The summed E-state index contributed by atoms with van der Waals surface area (Å²) in [5, 5.41) is 18.1. The quantitative estimate of drug-likeness (QED) is 0.295. The Kier molecular flexibility index (Phi) is 5.37. The van der Waals surface area contributed by atoms with Crippen molar-refractivity contribution in [3.8, 4) is 5.69 Å². The van der Waals surface area contributed by atoms with Crippen LogP contribution in [0, 0.1) is 17.0 Å². The highest BCUT2D eigenvalue weighted by Gasteiger charge is 2.41. The van der Waals surface area contributed by atoms with E-state index in [9.17, 15) is 19.7 Å². The number of allylic oxidation sites excluding steroid dienone is 2. The van der Waals surface area contributed by atoms with Gasteiger partial charge in [0.2, 0.25) is 0 Å². The lowest BCUT2D eigenvalue weighted by molar-refractivity contribution is -0.384. The Morgan fingerprint density at radius 1 is 0.919 bits per heavy atom. The number of nitrogens with zero attached hydrogens (tertiary/aromatic N) is 2. The summed E-state index contributed by atoms with van der Waals surface area (Å²) < 4.78 is 1.45. The zero-order valence-corrected chi connectivity index (χ0v) is 20.1. The predicted octanol–water partition coefficient (Wildman–Crippen LogP) is 5.34. The van der Waals surface area contributed by atoms with Crippen molar-refractivity contribution in [2.75, 3.05) is 5.32 Å². The van der Waals surface area contributed by atoms with Crippen LogP contribution in [-0.4, -0.2) is 20.5 Å². The summed E-state index contributed by atoms with van der Waals surface area (Å²) in [6.45, 7) is 2.03. The molecule has 0 fully saturated rings. The second-order valence-electron chi connectivity index (χ2n) is 9.62. The van der Waals surface area contributed by atoms with Gasteiger partial charge in [-0.2, -0.15) is 0 Å². The number of aromatic amines is 1. The van der Waals surface area contributed by atoms with Crippen LogP contribution in [-0.2, 0) is 4.79 Å². The van der Waals surface area contributed by atoms with Crippen LogP contribution in [0.2, 0.25) is 0 Å². The molecule has 0 unspecified atom stereocenters. The molecule has 2 heterocycles. The molecule has 3 aromatic carbocycles. The number of nitrogens with one attached hydrogen (secondary N) is 2. The first kappa shape index (κ1) is 22.7. The van der Waals surface area contributed by atoms with Crippen molar-refractivity contribution >= 4 is 17.3 Å². The molecule has 184 valence electrons. The van der Waals surface area contributed by atoms with E-state index in [4.69, 9.17) is 0 Å². The standard InChI is InChI=1S/C29H24N4O4/c1-17-10-12-18(13-11-17)20-15-23-26(24(34)16-20)25(19-6-5-9-22(14-19)33(36)37)27-28(30-23)31-32(29(27)35)21-7-3-2-4-8-21/h2-14,20,25,30-31H,15-16H2,1H3/t20-,25-/m0/s1. The molecule has 2 aliphatic rings. The molecular formula is C29H24N4O4. The Labute approximate surface area is 212 Å². The number of non-ortho nitro benzene ring substituents is 1. The van der Waals surface area contributed by atoms with Gasteiger partial charge >= 0.3 is 0 Å². The van der Waals surface area contributed by atoms with Gasteiger partial charge in [0.25, 0.3) is 11.2 Å². The smallest absolute Gasteiger partial charge is 0.277 e. The number of aromatic nitrogens is 2. The average Bonchev–Trinajstić information content (AvgIpc) is 3.24. The van der Waals surface area contributed by atoms with Gasteiger partial charge in [-0.25, -0.2) is 4.68 Å². The number of benzene rings is 3. The number of H-pyrrole nitrogens is 1. The number of para-hydroxylation sites is 1.